The van der Waals surface area contributed by atoms with E-state index < -0.39 is 11.8 Å². The molecule has 1 saturated heterocycles. The third kappa shape index (κ3) is 2.95. The first-order chi connectivity index (χ1) is 14.5. The van der Waals surface area contributed by atoms with Crippen LogP contribution in [0.5, 0.6) is 11.5 Å². The molecule has 2 aromatic heterocycles. The number of hydrogen-bond acceptors (Lipinski definition) is 7. The van der Waals surface area contributed by atoms with E-state index >= 15 is 0 Å². The third-order valence-electron chi connectivity index (χ3n) is 4.71. The molecule has 0 spiro atoms. The fraction of sp³-hybridized carbons (Fsp3) is 0.0476. The molecular weight excluding hydrogens is 420 g/mol. The summed E-state index contributed by atoms with van der Waals surface area (Å²) in [4.78, 5) is 33.2. The van der Waals surface area contributed by atoms with E-state index in [1.54, 1.807) is 12.3 Å². The second-order valence-electron chi connectivity index (χ2n) is 6.59. The molecule has 2 aliphatic rings. The number of hydrogen-bond donors (Lipinski definition) is 1. The SMILES string of the molecule is CN1C(=O)/C(=C/c2ccc(N3c4ccccc4Oc4cccnc43)s2)C(=O)NC1=S. The Morgan fingerprint density at radius 1 is 1.10 bits per heavy atom. The zero-order valence-corrected chi connectivity index (χ0v) is 17.3. The van der Waals surface area contributed by atoms with Crippen molar-refractivity contribution in [2.75, 3.05) is 11.9 Å². The minimum atomic E-state index is -0.498. The number of pyridine rings is 1. The fourth-order valence-electron chi connectivity index (χ4n) is 3.24. The van der Waals surface area contributed by atoms with Crippen molar-refractivity contribution in [3.8, 4) is 11.5 Å². The summed E-state index contributed by atoms with van der Waals surface area (Å²) in [6.07, 6.45) is 3.29. The molecule has 1 fully saturated rings. The summed E-state index contributed by atoms with van der Waals surface area (Å²) in [5, 5.41) is 3.50. The number of carbonyl (C=O) groups excluding carboxylic acids is 2. The number of aromatic nitrogens is 1. The van der Waals surface area contributed by atoms with Gasteiger partial charge in [-0.3, -0.25) is 24.7 Å². The van der Waals surface area contributed by atoms with Gasteiger partial charge in [0.05, 0.1) is 5.69 Å². The van der Waals surface area contributed by atoms with Crippen LogP contribution < -0.4 is 15.0 Å². The topological polar surface area (TPSA) is 74.8 Å². The van der Waals surface area contributed by atoms with Crippen LogP contribution in [0, 0.1) is 0 Å². The lowest BCUT2D eigenvalue weighted by Crippen LogP contribution is -2.52. The number of carbonyl (C=O) groups is 2. The lowest BCUT2D eigenvalue weighted by Gasteiger charge is -2.30. The van der Waals surface area contributed by atoms with Crippen LogP contribution in [0.15, 0.2) is 60.3 Å². The van der Waals surface area contributed by atoms with Crippen LogP contribution in [-0.4, -0.2) is 33.9 Å². The highest BCUT2D eigenvalue weighted by Crippen LogP contribution is 2.50. The molecule has 0 saturated carbocycles. The highest BCUT2D eigenvalue weighted by molar-refractivity contribution is 7.80. The normalized spacial score (nSPS) is 16.8. The van der Waals surface area contributed by atoms with Gasteiger partial charge in [-0.1, -0.05) is 12.1 Å². The molecule has 0 atom stereocenters. The van der Waals surface area contributed by atoms with E-state index in [0.717, 1.165) is 21.3 Å². The Kier molecular flexibility index (Phi) is 4.34. The molecule has 0 bridgehead atoms. The van der Waals surface area contributed by atoms with E-state index in [9.17, 15) is 9.59 Å². The number of nitrogens with one attached hydrogen (secondary N) is 1. The van der Waals surface area contributed by atoms with Crippen molar-refractivity contribution < 1.29 is 14.3 Å². The molecule has 3 aromatic rings. The Balaban J connectivity index is 1.56. The van der Waals surface area contributed by atoms with Gasteiger partial charge in [-0.15, -0.1) is 11.3 Å². The number of rotatable bonds is 2. The number of fused-ring (bicyclic) bond motifs is 2. The van der Waals surface area contributed by atoms with E-state index in [1.165, 1.54) is 23.3 Å². The number of nitrogens with zero attached hydrogens (tertiary/aromatic N) is 3. The molecule has 9 heteroatoms. The number of thiocarbonyl (C=S) groups is 1. The molecular formula is C21H14N4O3S2. The standard InChI is InChI=1S/C21H14N4O3S2/c1-24-20(27)13(19(26)23-21(24)29)11-12-8-9-17(30-12)25-14-5-2-3-6-15(14)28-16-7-4-10-22-18(16)25/h2-11H,1H3,(H,23,26,29)/b13-11+. The van der Waals surface area contributed by atoms with Gasteiger partial charge in [0, 0.05) is 18.1 Å². The van der Waals surface area contributed by atoms with E-state index in [1.807, 2.05) is 53.4 Å². The highest BCUT2D eigenvalue weighted by atomic mass is 32.1. The molecule has 30 heavy (non-hydrogen) atoms. The Morgan fingerprint density at radius 2 is 1.90 bits per heavy atom. The Bertz CT molecular complexity index is 1200. The van der Waals surface area contributed by atoms with Crippen molar-refractivity contribution in [2.24, 2.45) is 0 Å². The van der Waals surface area contributed by atoms with Crippen LogP contribution in [-0.2, 0) is 9.59 Å². The molecule has 0 unspecified atom stereocenters. The van der Waals surface area contributed by atoms with Crippen molar-refractivity contribution in [3.05, 3.63) is 65.2 Å². The molecule has 1 aromatic carbocycles. The second kappa shape index (κ2) is 7.05. The first kappa shape index (κ1) is 18.5. The molecule has 148 valence electrons. The van der Waals surface area contributed by atoms with Crippen molar-refractivity contribution >= 4 is 63.1 Å². The molecule has 4 heterocycles. The van der Waals surface area contributed by atoms with Gasteiger partial charge in [-0.05, 0) is 54.7 Å². The smallest absolute Gasteiger partial charge is 0.265 e. The van der Waals surface area contributed by atoms with E-state index in [-0.39, 0.29) is 10.7 Å². The largest absolute Gasteiger partial charge is 0.451 e. The Hall–Kier alpha value is -3.56. The second-order valence-corrected chi connectivity index (χ2v) is 8.07. The van der Waals surface area contributed by atoms with Crippen molar-refractivity contribution in [2.45, 2.75) is 0 Å². The zero-order valence-electron chi connectivity index (χ0n) is 15.7. The number of thiophene rings is 1. The fourth-order valence-corrected chi connectivity index (χ4v) is 4.38. The van der Waals surface area contributed by atoms with Crippen LogP contribution in [0.4, 0.5) is 16.5 Å². The summed E-state index contributed by atoms with van der Waals surface area (Å²) in [5.41, 5.74) is 0.904. The quantitative estimate of drug-likeness (QED) is 0.292. The zero-order chi connectivity index (χ0) is 20.8. The molecule has 5 rings (SSSR count). The predicted octanol–water partition coefficient (Wildman–Crippen LogP) is 3.98. The molecule has 2 amide bonds. The van der Waals surface area contributed by atoms with Gasteiger partial charge in [0.1, 0.15) is 10.6 Å². The molecule has 1 N–H and O–H groups in total. The predicted molar refractivity (Wildman–Crippen MR) is 118 cm³/mol. The lowest BCUT2D eigenvalue weighted by atomic mass is 10.1. The maximum Gasteiger partial charge on any atom is 0.265 e. The van der Waals surface area contributed by atoms with Crippen molar-refractivity contribution in [1.29, 1.82) is 0 Å². The van der Waals surface area contributed by atoms with Crippen molar-refractivity contribution in [1.82, 2.24) is 15.2 Å². The number of anilines is 3. The maximum atomic E-state index is 12.5. The van der Waals surface area contributed by atoms with Gasteiger partial charge in [0.25, 0.3) is 11.8 Å². The summed E-state index contributed by atoms with van der Waals surface area (Å²) in [6, 6.07) is 15.2. The minimum Gasteiger partial charge on any atom is -0.451 e. The summed E-state index contributed by atoms with van der Waals surface area (Å²) < 4.78 is 5.98. The molecule has 0 aliphatic carbocycles. The van der Waals surface area contributed by atoms with Crippen LogP contribution in [0.25, 0.3) is 6.08 Å². The van der Waals surface area contributed by atoms with Gasteiger partial charge < -0.3 is 4.74 Å². The third-order valence-corrected chi connectivity index (χ3v) is 6.11. The summed E-state index contributed by atoms with van der Waals surface area (Å²) in [7, 11) is 1.53. The van der Waals surface area contributed by atoms with Gasteiger partial charge in [0.2, 0.25) is 0 Å². The van der Waals surface area contributed by atoms with Crippen LogP contribution >= 0.6 is 23.6 Å². The van der Waals surface area contributed by atoms with Gasteiger partial charge in [-0.2, -0.15) is 0 Å². The van der Waals surface area contributed by atoms with E-state index in [4.69, 9.17) is 17.0 Å². The lowest BCUT2D eigenvalue weighted by molar-refractivity contribution is -0.128. The number of likely N-dealkylation sites (N-methyl/N-ethyl adjacent to an activating group) is 1. The molecule has 0 radical (unpaired) electrons. The molecule has 7 nitrogen and oxygen atoms in total. The van der Waals surface area contributed by atoms with E-state index in [0.29, 0.717) is 11.6 Å². The van der Waals surface area contributed by atoms with E-state index in [2.05, 4.69) is 10.3 Å². The number of amides is 2. The number of benzene rings is 1. The van der Waals surface area contributed by atoms with Crippen LogP contribution in [0.1, 0.15) is 4.88 Å². The van der Waals surface area contributed by atoms with Gasteiger partial charge >= 0.3 is 0 Å². The monoisotopic (exact) mass is 434 g/mol. The Morgan fingerprint density at radius 3 is 2.77 bits per heavy atom. The molecule has 2 aliphatic heterocycles. The average Bonchev–Trinajstić information content (AvgIpc) is 3.21. The van der Waals surface area contributed by atoms with Crippen LogP contribution in [0.2, 0.25) is 0 Å². The summed E-state index contributed by atoms with van der Waals surface area (Å²) >= 11 is 6.42. The van der Waals surface area contributed by atoms with Crippen LogP contribution in [0.3, 0.4) is 0 Å². The Labute approximate surface area is 181 Å². The van der Waals surface area contributed by atoms with Gasteiger partial charge in [-0.25, -0.2) is 4.98 Å². The average molecular weight is 435 g/mol. The first-order valence-corrected chi connectivity index (χ1v) is 10.2. The number of para-hydroxylation sites is 2. The number of ether oxygens (including phenoxy) is 1. The first-order valence-electron chi connectivity index (χ1n) is 9.00. The van der Waals surface area contributed by atoms with Crippen molar-refractivity contribution in [3.63, 3.8) is 0 Å². The minimum absolute atomic E-state index is 0.0420. The van der Waals surface area contributed by atoms with Gasteiger partial charge in [0.15, 0.2) is 22.4 Å². The summed E-state index contributed by atoms with van der Waals surface area (Å²) in [5.74, 6) is 1.13. The maximum absolute atomic E-state index is 12.5. The highest BCUT2D eigenvalue weighted by Gasteiger charge is 2.31. The summed E-state index contributed by atoms with van der Waals surface area (Å²) in [6.45, 7) is 0.